The van der Waals surface area contributed by atoms with E-state index in [1.54, 1.807) is 0 Å². The largest absolute Gasteiger partial charge is 0.412 e. The third kappa shape index (κ3) is 1770. The highest BCUT2D eigenvalue weighted by molar-refractivity contribution is 5.44. The fourth-order valence-corrected chi connectivity index (χ4v) is 0. The lowest BCUT2D eigenvalue weighted by atomic mass is 11.0. The summed E-state index contributed by atoms with van der Waals surface area (Å²) >= 11 is 0. The number of hydrogen-bond donors (Lipinski definition) is 0. The highest BCUT2D eigenvalue weighted by Crippen LogP contribution is 1.14. The van der Waals surface area contributed by atoms with E-state index < -0.39 is 0 Å². The van der Waals surface area contributed by atoms with Gasteiger partial charge in [0.1, 0.15) is 6.29 Å². The van der Waals surface area contributed by atoms with Crippen LogP contribution in [0.15, 0.2) is 0 Å². The van der Waals surface area contributed by atoms with Crippen molar-refractivity contribution in [3.8, 4) is 0 Å². The van der Waals surface area contributed by atoms with E-state index in [0.717, 1.165) is 6.29 Å². The van der Waals surface area contributed by atoms with Crippen LogP contribution in [-0.2, 0) is 4.79 Å². The Balaban J connectivity index is -0.00000000357. The molecule has 0 bridgehead atoms. The molecule has 0 spiro atoms. The van der Waals surface area contributed by atoms with Gasteiger partial charge in [0.25, 0.3) is 0 Å². The predicted octanol–water partition coefficient (Wildman–Crippen LogP) is 2.32. The molecule has 0 aliphatic heterocycles. The first-order chi connectivity index (χ1) is 2.41. The fourth-order valence-electron chi connectivity index (χ4n) is 0. The molecule has 0 aliphatic carbocycles. The minimum atomic E-state index is 0. The highest BCUT2D eigenvalue weighted by atomic mass is 16.1. The molecule has 0 atom stereocenters. The summed E-state index contributed by atoms with van der Waals surface area (Å²) in [5.41, 5.74) is 0. The topological polar surface area (TPSA) is 48.6 Å². The molecule has 0 unspecified atom stereocenters. The Kier molecular flexibility index (Phi) is 6820. The average Bonchev–Trinajstić information content (AvgIpc) is 1.46. The molecule has 0 aliphatic rings. The number of carbonyl (C=O) groups excluding carboxylic acids is 1. The molecular weight excluding hydrogens is 116 g/mol. The average molecular weight is 140 g/mol. The summed E-state index contributed by atoms with van der Waals surface area (Å²) in [6.45, 7) is 5.44. The molecule has 0 fully saturated rings. The minimum Gasteiger partial charge on any atom is -0.412 e. The van der Waals surface area contributed by atoms with Gasteiger partial charge in [-0.1, -0.05) is 36.1 Å². The predicted molar refractivity (Wildman–Crippen MR) is 46.9 cm³/mol. The quantitative estimate of drug-likeness (QED) is 0.476. The summed E-state index contributed by atoms with van der Waals surface area (Å²) in [7, 11) is 0. The van der Waals surface area contributed by atoms with Gasteiger partial charge in [-0.25, -0.2) is 0 Å². The van der Waals surface area contributed by atoms with Crippen LogP contribution in [0.2, 0.25) is 0 Å². The van der Waals surface area contributed by atoms with E-state index in [9.17, 15) is 0 Å². The standard InChI is InChI=1S/C2H4O.C2H6.3CH4.H2O/c1-2-3;1-2;;;;/h2H,1H3;1-2H3;3*1H4;1H2. The number of rotatable bonds is 0. The monoisotopic (exact) mass is 140 g/mol. The molecule has 2 heteroatoms. The van der Waals surface area contributed by atoms with Crippen molar-refractivity contribution in [1.29, 1.82) is 0 Å². The van der Waals surface area contributed by atoms with E-state index in [-0.39, 0.29) is 27.8 Å². The maximum Gasteiger partial charge on any atom is 0.116 e. The van der Waals surface area contributed by atoms with E-state index in [4.69, 9.17) is 4.79 Å². The van der Waals surface area contributed by atoms with Gasteiger partial charge in [-0.15, -0.1) is 0 Å². The van der Waals surface area contributed by atoms with Gasteiger partial charge in [-0.2, -0.15) is 0 Å². The van der Waals surface area contributed by atoms with Crippen molar-refractivity contribution < 1.29 is 10.3 Å². The second kappa shape index (κ2) is 845. The van der Waals surface area contributed by atoms with Crippen molar-refractivity contribution >= 4 is 6.29 Å². The Labute approximate surface area is 60.6 Å². The molecule has 0 rings (SSSR count). The SMILES string of the molecule is C.C.C.CC.CC=O.O. The fraction of sp³-hybridized carbons (Fsp3) is 0.857. The van der Waals surface area contributed by atoms with Gasteiger partial charge < -0.3 is 10.3 Å². The summed E-state index contributed by atoms with van der Waals surface area (Å²) in [6.07, 6.45) is 0.750. The lowest BCUT2D eigenvalue weighted by molar-refractivity contribution is -0.106. The first kappa shape index (κ1) is 72.6. The Morgan fingerprint density at radius 1 is 1.00 bits per heavy atom. The molecule has 0 heterocycles. The molecular formula is C7H24O2. The lowest BCUT2D eigenvalue weighted by Gasteiger charge is -1.23. The summed E-state index contributed by atoms with van der Waals surface area (Å²) < 4.78 is 0. The van der Waals surface area contributed by atoms with Crippen molar-refractivity contribution in [3.63, 3.8) is 0 Å². The van der Waals surface area contributed by atoms with Gasteiger partial charge in [0.2, 0.25) is 0 Å². The van der Waals surface area contributed by atoms with Gasteiger partial charge in [0, 0.05) is 0 Å². The third-order valence-corrected chi connectivity index (χ3v) is 0. The van der Waals surface area contributed by atoms with E-state index in [0.29, 0.717) is 0 Å². The smallest absolute Gasteiger partial charge is 0.116 e. The van der Waals surface area contributed by atoms with E-state index >= 15 is 0 Å². The molecule has 0 saturated heterocycles. The van der Waals surface area contributed by atoms with Crippen LogP contribution in [0.5, 0.6) is 0 Å². The third-order valence-electron chi connectivity index (χ3n) is 0. The van der Waals surface area contributed by atoms with Crippen molar-refractivity contribution in [3.05, 3.63) is 0 Å². The zero-order chi connectivity index (χ0) is 4.71. The Bertz CT molecular complexity index is 14.4. The number of aldehydes is 1. The first-order valence-corrected chi connectivity index (χ1v) is 1.81. The Morgan fingerprint density at radius 3 is 1.00 bits per heavy atom. The summed E-state index contributed by atoms with van der Waals surface area (Å²) in [5.74, 6) is 0. The van der Waals surface area contributed by atoms with E-state index in [1.807, 2.05) is 13.8 Å². The van der Waals surface area contributed by atoms with Crippen LogP contribution in [0.25, 0.3) is 0 Å². The normalized spacial score (nSPS) is 2.11. The molecule has 0 radical (unpaired) electrons. The second-order valence-electron chi connectivity index (χ2n) is 0.236. The molecule has 2 N–H and O–H groups in total. The van der Waals surface area contributed by atoms with Crippen LogP contribution < -0.4 is 0 Å². The van der Waals surface area contributed by atoms with Crippen LogP contribution in [0.4, 0.5) is 0 Å². The Hall–Kier alpha value is -0.370. The van der Waals surface area contributed by atoms with Crippen LogP contribution in [0, 0.1) is 0 Å². The summed E-state index contributed by atoms with van der Waals surface area (Å²) in [5, 5.41) is 0. The number of hydrogen-bond acceptors (Lipinski definition) is 1. The van der Waals surface area contributed by atoms with Gasteiger partial charge >= 0.3 is 0 Å². The van der Waals surface area contributed by atoms with Crippen LogP contribution >= 0.6 is 0 Å². The highest BCUT2D eigenvalue weighted by Gasteiger charge is 1.24. The van der Waals surface area contributed by atoms with E-state index in [1.165, 1.54) is 6.92 Å². The molecule has 0 saturated carbocycles. The zero-order valence-electron chi connectivity index (χ0n) is 4.49. The second-order valence-corrected chi connectivity index (χ2v) is 0.236. The van der Waals surface area contributed by atoms with Crippen molar-refractivity contribution in [2.24, 2.45) is 0 Å². The molecule has 2 nitrogen and oxygen atoms in total. The molecule has 0 amide bonds. The van der Waals surface area contributed by atoms with Crippen molar-refractivity contribution in [2.45, 2.75) is 43.1 Å². The maximum absolute atomic E-state index is 8.81. The van der Waals surface area contributed by atoms with Gasteiger partial charge in [-0.3, -0.25) is 0 Å². The van der Waals surface area contributed by atoms with Gasteiger partial charge in [-0.05, 0) is 6.92 Å². The lowest BCUT2D eigenvalue weighted by Crippen LogP contribution is -1.36. The molecule has 0 aromatic heterocycles. The van der Waals surface area contributed by atoms with Gasteiger partial charge in [0.15, 0.2) is 0 Å². The first-order valence-electron chi connectivity index (χ1n) is 1.81. The zero-order valence-corrected chi connectivity index (χ0v) is 4.49. The maximum atomic E-state index is 8.81. The van der Waals surface area contributed by atoms with Crippen LogP contribution in [0.1, 0.15) is 43.1 Å². The van der Waals surface area contributed by atoms with E-state index in [2.05, 4.69) is 0 Å². The Morgan fingerprint density at radius 2 is 1.00 bits per heavy atom. The summed E-state index contributed by atoms with van der Waals surface area (Å²) in [6, 6.07) is 0. The summed E-state index contributed by atoms with van der Waals surface area (Å²) in [4.78, 5) is 8.81. The molecule has 0 aromatic carbocycles. The molecule has 0 aromatic rings. The van der Waals surface area contributed by atoms with Crippen LogP contribution in [0.3, 0.4) is 0 Å². The van der Waals surface area contributed by atoms with Crippen LogP contribution in [-0.4, -0.2) is 11.8 Å². The molecule has 9 heavy (non-hydrogen) atoms. The minimum absolute atomic E-state index is 0. The van der Waals surface area contributed by atoms with Gasteiger partial charge in [0.05, 0.1) is 0 Å². The van der Waals surface area contributed by atoms with Crippen molar-refractivity contribution in [2.75, 3.05) is 0 Å². The number of carbonyl (C=O) groups is 1. The van der Waals surface area contributed by atoms with Crippen molar-refractivity contribution in [1.82, 2.24) is 0 Å². The molecule has 64 valence electrons.